The van der Waals surface area contributed by atoms with Crippen LogP contribution < -0.4 is 10.6 Å². The van der Waals surface area contributed by atoms with E-state index in [1.807, 2.05) is 7.05 Å². The SMILES string of the molecule is CN=C(NCCc1c[nH]c2ccccc12)NC1CCc2cn(C(C)C)nc2C1. The molecule has 28 heavy (non-hydrogen) atoms. The molecule has 148 valence electrons. The van der Waals surface area contributed by atoms with Crippen molar-refractivity contribution in [1.82, 2.24) is 25.4 Å². The maximum atomic E-state index is 4.77. The van der Waals surface area contributed by atoms with Gasteiger partial charge >= 0.3 is 0 Å². The standard InChI is InChI=1S/C22H30N6/c1-15(2)28-14-17-8-9-18(12-21(17)27-28)26-22(23-3)24-11-10-16-13-25-20-7-5-4-6-19(16)20/h4-7,13-15,18,25H,8-12H2,1-3H3,(H2,23,24,26). The van der Waals surface area contributed by atoms with Gasteiger partial charge in [-0.3, -0.25) is 9.67 Å². The van der Waals surface area contributed by atoms with Crippen LogP contribution in [0, 0.1) is 0 Å². The molecule has 1 aromatic carbocycles. The number of H-pyrrole nitrogens is 1. The third kappa shape index (κ3) is 3.91. The van der Waals surface area contributed by atoms with E-state index < -0.39 is 0 Å². The Bertz CT molecular complexity index is 964. The van der Waals surface area contributed by atoms with Gasteiger partial charge in [-0.1, -0.05) is 18.2 Å². The Kier molecular flexibility index (Phi) is 5.37. The summed E-state index contributed by atoms with van der Waals surface area (Å²) in [7, 11) is 1.84. The van der Waals surface area contributed by atoms with E-state index in [-0.39, 0.29) is 0 Å². The van der Waals surface area contributed by atoms with Crippen molar-refractivity contribution in [3.05, 3.63) is 53.5 Å². The molecule has 0 fully saturated rings. The zero-order chi connectivity index (χ0) is 19.5. The van der Waals surface area contributed by atoms with Crippen molar-refractivity contribution >= 4 is 16.9 Å². The van der Waals surface area contributed by atoms with Crippen LogP contribution in [-0.4, -0.2) is 40.4 Å². The molecule has 0 aliphatic heterocycles. The molecule has 6 nitrogen and oxygen atoms in total. The van der Waals surface area contributed by atoms with E-state index in [0.717, 1.165) is 38.2 Å². The molecule has 0 saturated carbocycles. The Labute approximate surface area is 166 Å². The molecule has 3 N–H and O–H groups in total. The lowest BCUT2D eigenvalue weighted by Gasteiger charge is -2.24. The fourth-order valence-corrected chi connectivity index (χ4v) is 3.94. The highest BCUT2D eigenvalue weighted by Crippen LogP contribution is 2.22. The number of fused-ring (bicyclic) bond motifs is 2. The Hall–Kier alpha value is -2.76. The van der Waals surface area contributed by atoms with Crippen molar-refractivity contribution in [1.29, 1.82) is 0 Å². The van der Waals surface area contributed by atoms with Crippen LogP contribution in [0.2, 0.25) is 0 Å². The number of hydrogen-bond donors (Lipinski definition) is 3. The van der Waals surface area contributed by atoms with Crippen molar-refractivity contribution < 1.29 is 0 Å². The third-order valence-corrected chi connectivity index (χ3v) is 5.55. The van der Waals surface area contributed by atoms with Gasteiger partial charge in [0.1, 0.15) is 0 Å². The number of aliphatic imine (C=N–C) groups is 1. The number of hydrogen-bond acceptors (Lipinski definition) is 2. The fourth-order valence-electron chi connectivity index (χ4n) is 3.94. The second-order valence-corrected chi connectivity index (χ2v) is 7.87. The zero-order valence-electron chi connectivity index (χ0n) is 17.0. The highest BCUT2D eigenvalue weighted by molar-refractivity contribution is 5.83. The molecule has 2 aromatic heterocycles. The van der Waals surface area contributed by atoms with Crippen LogP contribution in [0.5, 0.6) is 0 Å². The number of nitrogens with zero attached hydrogens (tertiary/aromatic N) is 3. The van der Waals surface area contributed by atoms with Gasteiger partial charge in [-0.15, -0.1) is 0 Å². The molecule has 0 saturated heterocycles. The lowest BCUT2D eigenvalue weighted by Crippen LogP contribution is -2.46. The van der Waals surface area contributed by atoms with Gasteiger partial charge in [-0.05, 0) is 50.3 Å². The van der Waals surface area contributed by atoms with Crippen LogP contribution in [0.3, 0.4) is 0 Å². The van der Waals surface area contributed by atoms with Gasteiger partial charge in [0, 0.05) is 55.4 Å². The average Bonchev–Trinajstić information content (AvgIpc) is 3.31. The predicted octanol–water partition coefficient (Wildman–Crippen LogP) is 3.21. The second-order valence-electron chi connectivity index (χ2n) is 7.87. The molecule has 1 atom stereocenters. The highest BCUT2D eigenvalue weighted by Gasteiger charge is 2.23. The predicted molar refractivity (Wildman–Crippen MR) is 115 cm³/mol. The molecule has 0 amide bonds. The minimum atomic E-state index is 0.377. The van der Waals surface area contributed by atoms with Crippen LogP contribution in [0.4, 0.5) is 0 Å². The summed E-state index contributed by atoms with van der Waals surface area (Å²) in [5.74, 6) is 0.872. The van der Waals surface area contributed by atoms with E-state index in [2.05, 4.69) is 75.8 Å². The summed E-state index contributed by atoms with van der Waals surface area (Å²) in [6, 6.07) is 9.23. The molecule has 6 heteroatoms. The first-order valence-electron chi connectivity index (χ1n) is 10.2. The number of aryl methyl sites for hydroxylation is 1. The van der Waals surface area contributed by atoms with Gasteiger partial charge in [-0.2, -0.15) is 5.10 Å². The summed E-state index contributed by atoms with van der Waals surface area (Å²) in [4.78, 5) is 7.76. The molecule has 4 rings (SSSR count). The molecule has 0 spiro atoms. The molecule has 2 heterocycles. The average molecular weight is 379 g/mol. The van der Waals surface area contributed by atoms with Gasteiger partial charge in [0.25, 0.3) is 0 Å². The van der Waals surface area contributed by atoms with Crippen LogP contribution >= 0.6 is 0 Å². The lowest BCUT2D eigenvalue weighted by molar-refractivity contribution is 0.499. The smallest absolute Gasteiger partial charge is 0.191 e. The second kappa shape index (κ2) is 8.09. The zero-order valence-corrected chi connectivity index (χ0v) is 17.0. The number of nitrogens with one attached hydrogen (secondary N) is 3. The monoisotopic (exact) mass is 378 g/mol. The number of para-hydroxylation sites is 1. The topological polar surface area (TPSA) is 70.0 Å². The largest absolute Gasteiger partial charge is 0.361 e. The van der Waals surface area contributed by atoms with E-state index in [9.17, 15) is 0 Å². The molecule has 3 aromatic rings. The summed E-state index contributed by atoms with van der Waals surface area (Å²) >= 11 is 0. The first kappa shape index (κ1) is 18.6. The van der Waals surface area contributed by atoms with Gasteiger partial charge < -0.3 is 15.6 Å². The van der Waals surface area contributed by atoms with Gasteiger partial charge in [-0.25, -0.2) is 0 Å². The van der Waals surface area contributed by atoms with E-state index in [0.29, 0.717) is 12.1 Å². The Morgan fingerprint density at radius 1 is 1.36 bits per heavy atom. The summed E-state index contributed by atoms with van der Waals surface area (Å²) in [5, 5.41) is 13.1. The van der Waals surface area contributed by atoms with E-state index in [1.165, 1.54) is 27.7 Å². The van der Waals surface area contributed by atoms with Crippen LogP contribution in [0.1, 0.15) is 43.1 Å². The molecule has 0 radical (unpaired) electrons. The Morgan fingerprint density at radius 3 is 3.04 bits per heavy atom. The van der Waals surface area contributed by atoms with Crippen molar-refractivity contribution in [3.8, 4) is 0 Å². The normalized spacial score (nSPS) is 17.1. The maximum absolute atomic E-state index is 4.77. The molecule has 0 bridgehead atoms. The van der Waals surface area contributed by atoms with Gasteiger partial charge in [0.15, 0.2) is 5.96 Å². The summed E-state index contributed by atoms with van der Waals surface area (Å²) in [6.45, 7) is 5.20. The van der Waals surface area contributed by atoms with Gasteiger partial charge in [0.2, 0.25) is 0 Å². The Balaban J connectivity index is 1.31. The fraction of sp³-hybridized carbons (Fsp3) is 0.455. The quantitative estimate of drug-likeness (QED) is 0.472. The highest BCUT2D eigenvalue weighted by atomic mass is 15.3. The van der Waals surface area contributed by atoms with Crippen molar-refractivity contribution in [3.63, 3.8) is 0 Å². The minimum Gasteiger partial charge on any atom is -0.361 e. The van der Waals surface area contributed by atoms with E-state index >= 15 is 0 Å². The van der Waals surface area contributed by atoms with Crippen LogP contribution in [-0.2, 0) is 19.3 Å². The van der Waals surface area contributed by atoms with E-state index in [4.69, 9.17) is 5.10 Å². The molecular formula is C22H30N6. The van der Waals surface area contributed by atoms with E-state index in [1.54, 1.807) is 0 Å². The first-order valence-corrected chi connectivity index (χ1v) is 10.2. The van der Waals surface area contributed by atoms with Crippen LogP contribution in [0.25, 0.3) is 10.9 Å². The van der Waals surface area contributed by atoms with Gasteiger partial charge in [0.05, 0.1) is 5.69 Å². The molecule has 1 aliphatic carbocycles. The molecule has 1 unspecified atom stereocenters. The molecule has 1 aliphatic rings. The summed E-state index contributed by atoms with van der Waals surface area (Å²) < 4.78 is 2.08. The lowest BCUT2D eigenvalue weighted by atomic mass is 9.94. The minimum absolute atomic E-state index is 0.377. The molecular weight excluding hydrogens is 348 g/mol. The number of guanidine groups is 1. The maximum Gasteiger partial charge on any atom is 0.191 e. The number of rotatable bonds is 5. The van der Waals surface area contributed by atoms with Crippen molar-refractivity contribution in [2.75, 3.05) is 13.6 Å². The number of benzene rings is 1. The van der Waals surface area contributed by atoms with Crippen LogP contribution in [0.15, 0.2) is 41.7 Å². The summed E-state index contributed by atoms with van der Waals surface area (Å²) in [5.41, 5.74) is 5.15. The summed E-state index contributed by atoms with van der Waals surface area (Å²) in [6.07, 6.45) is 8.42. The first-order chi connectivity index (χ1) is 13.6. The number of aromatic nitrogens is 3. The third-order valence-electron chi connectivity index (χ3n) is 5.55. The van der Waals surface area contributed by atoms with Crippen molar-refractivity contribution in [2.24, 2.45) is 4.99 Å². The number of aromatic amines is 1. The Morgan fingerprint density at radius 2 is 2.21 bits per heavy atom. The van der Waals surface area contributed by atoms with Crippen molar-refractivity contribution in [2.45, 2.75) is 51.6 Å².